The van der Waals surface area contributed by atoms with Gasteiger partial charge in [0.25, 0.3) is 0 Å². The molecule has 0 bridgehead atoms. The van der Waals surface area contributed by atoms with Crippen LogP contribution < -0.4 is 10.2 Å². The minimum Gasteiger partial charge on any atom is -0.372 e. The summed E-state index contributed by atoms with van der Waals surface area (Å²) in [5, 5.41) is 3.52. The Morgan fingerprint density at radius 3 is 2.41 bits per heavy atom. The van der Waals surface area contributed by atoms with Crippen LogP contribution in [-0.2, 0) is 0 Å². The lowest BCUT2D eigenvalue weighted by molar-refractivity contribution is 0.571. The second kappa shape index (κ2) is 6.06. The van der Waals surface area contributed by atoms with E-state index < -0.39 is 0 Å². The van der Waals surface area contributed by atoms with Gasteiger partial charge in [0.15, 0.2) is 0 Å². The molecule has 1 saturated heterocycles. The highest BCUT2D eigenvalue weighted by molar-refractivity contribution is 5.48. The largest absolute Gasteiger partial charge is 0.372 e. The van der Waals surface area contributed by atoms with Gasteiger partial charge in [-0.1, -0.05) is 19.1 Å². The molecule has 2 rings (SSSR count). The van der Waals surface area contributed by atoms with Gasteiger partial charge in [-0.25, -0.2) is 0 Å². The van der Waals surface area contributed by atoms with Crippen LogP contribution >= 0.6 is 0 Å². The third-order valence-corrected chi connectivity index (χ3v) is 3.56. The monoisotopic (exact) mass is 232 g/mol. The zero-order valence-corrected chi connectivity index (χ0v) is 11.1. The summed E-state index contributed by atoms with van der Waals surface area (Å²) in [6, 6.07) is 9.53. The van der Waals surface area contributed by atoms with E-state index in [1.54, 1.807) is 0 Å². The van der Waals surface area contributed by atoms with E-state index in [0.29, 0.717) is 6.04 Å². The average Bonchev–Trinajstić information content (AvgIpc) is 2.90. The van der Waals surface area contributed by atoms with Gasteiger partial charge >= 0.3 is 0 Å². The smallest absolute Gasteiger partial charge is 0.0366 e. The first kappa shape index (κ1) is 12.4. The van der Waals surface area contributed by atoms with Crippen LogP contribution in [0.3, 0.4) is 0 Å². The lowest BCUT2D eigenvalue weighted by Gasteiger charge is -2.19. The highest BCUT2D eigenvalue weighted by atomic mass is 15.1. The van der Waals surface area contributed by atoms with E-state index in [1.165, 1.54) is 43.6 Å². The first-order valence-corrected chi connectivity index (χ1v) is 6.89. The van der Waals surface area contributed by atoms with E-state index in [9.17, 15) is 0 Å². The van der Waals surface area contributed by atoms with E-state index in [1.807, 2.05) is 0 Å². The van der Waals surface area contributed by atoms with Crippen molar-refractivity contribution in [3.8, 4) is 0 Å². The summed E-state index contributed by atoms with van der Waals surface area (Å²) < 4.78 is 0. The van der Waals surface area contributed by atoms with E-state index in [0.717, 1.165) is 6.54 Å². The molecule has 1 aliphatic heterocycles. The molecule has 0 aromatic heterocycles. The van der Waals surface area contributed by atoms with E-state index in [4.69, 9.17) is 0 Å². The second-order valence-corrected chi connectivity index (χ2v) is 4.96. The van der Waals surface area contributed by atoms with Gasteiger partial charge in [-0.05, 0) is 50.4 Å². The third kappa shape index (κ3) is 3.22. The van der Waals surface area contributed by atoms with Crippen molar-refractivity contribution in [1.82, 2.24) is 5.32 Å². The summed E-state index contributed by atoms with van der Waals surface area (Å²) in [6.07, 6.45) is 3.88. The molecule has 0 aliphatic carbocycles. The third-order valence-electron chi connectivity index (χ3n) is 3.56. The van der Waals surface area contributed by atoms with Crippen molar-refractivity contribution in [3.05, 3.63) is 29.8 Å². The Balaban J connectivity index is 1.96. The summed E-state index contributed by atoms with van der Waals surface area (Å²) in [7, 11) is 0. The second-order valence-electron chi connectivity index (χ2n) is 4.96. The van der Waals surface area contributed by atoms with Crippen LogP contribution in [0.1, 0.15) is 44.7 Å². The molecule has 1 atom stereocenters. The molecule has 1 aliphatic rings. The van der Waals surface area contributed by atoms with Crippen molar-refractivity contribution in [1.29, 1.82) is 0 Å². The molecule has 0 amide bonds. The number of nitrogens with zero attached hydrogens (tertiary/aromatic N) is 1. The highest BCUT2D eigenvalue weighted by Crippen LogP contribution is 2.22. The molecule has 17 heavy (non-hydrogen) atoms. The molecule has 0 saturated carbocycles. The van der Waals surface area contributed by atoms with Gasteiger partial charge in [-0.2, -0.15) is 0 Å². The number of benzene rings is 1. The Bertz CT molecular complexity index is 325. The van der Waals surface area contributed by atoms with Crippen LogP contribution in [0.4, 0.5) is 5.69 Å². The van der Waals surface area contributed by atoms with Crippen molar-refractivity contribution in [3.63, 3.8) is 0 Å². The maximum absolute atomic E-state index is 3.52. The molecule has 1 aromatic carbocycles. The zero-order valence-electron chi connectivity index (χ0n) is 11.1. The van der Waals surface area contributed by atoms with Crippen molar-refractivity contribution >= 4 is 5.69 Å². The minimum absolute atomic E-state index is 0.461. The summed E-state index contributed by atoms with van der Waals surface area (Å²) in [4.78, 5) is 2.48. The first-order valence-electron chi connectivity index (χ1n) is 6.89. The quantitative estimate of drug-likeness (QED) is 0.837. The molecule has 0 radical (unpaired) electrons. The lowest BCUT2D eigenvalue weighted by atomic mass is 10.1. The fourth-order valence-corrected chi connectivity index (χ4v) is 2.43. The molecule has 1 unspecified atom stereocenters. The summed E-state index contributed by atoms with van der Waals surface area (Å²) >= 11 is 0. The minimum atomic E-state index is 0.461. The predicted octanol–water partition coefficient (Wildman–Crippen LogP) is 3.35. The molecule has 0 spiro atoms. The van der Waals surface area contributed by atoms with Gasteiger partial charge in [-0.3, -0.25) is 0 Å². The molecule has 1 N–H and O–H groups in total. The average molecular weight is 232 g/mol. The standard InChI is InChI=1S/C15H24N2/c1-3-10-16-13(2)14-6-8-15(9-7-14)17-11-4-5-12-17/h6-9,13,16H,3-5,10-12H2,1-2H3. The molecule has 94 valence electrons. The van der Waals surface area contributed by atoms with Crippen molar-refractivity contribution in [2.45, 2.75) is 39.2 Å². The molecular weight excluding hydrogens is 208 g/mol. The maximum atomic E-state index is 3.52. The Labute approximate surface area is 105 Å². The van der Waals surface area contributed by atoms with Gasteiger partial charge in [-0.15, -0.1) is 0 Å². The van der Waals surface area contributed by atoms with Gasteiger partial charge < -0.3 is 10.2 Å². The molecular formula is C15H24N2. The molecule has 1 aromatic rings. The first-order chi connectivity index (χ1) is 8.31. The fraction of sp³-hybridized carbons (Fsp3) is 0.600. The zero-order chi connectivity index (χ0) is 12.1. The molecule has 2 heteroatoms. The van der Waals surface area contributed by atoms with Crippen LogP contribution in [0, 0.1) is 0 Å². The summed E-state index contributed by atoms with van der Waals surface area (Å²) in [6.45, 7) is 7.98. The Morgan fingerprint density at radius 1 is 1.18 bits per heavy atom. The summed E-state index contributed by atoms with van der Waals surface area (Å²) in [5.41, 5.74) is 2.77. The number of rotatable bonds is 5. The Morgan fingerprint density at radius 2 is 1.82 bits per heavy atom. The van der Waals surface area contributed by atoms with E-state index in [-0.39, 0.29) is 0 Å². The van der Waals surface area contributed by atoms with Gasteiger partial charge in [0.2, 0.25) is 0 Å². The number of hydrogen-bond donors (Lipinski definition) is 1. The van der Waals surface area contributed by atoms with E-state index in [2.05, 4.69) is 48.3 Å². The maximum Gasteiger partial charge on any atom is 0.0366 e. The summed E-state index contributed by atoms with van der Waals surface area (Å²) in [5.74, 6) is 0. The topological polar surface area (TPSA) is 15.3 Å². The number of anilines is 1. The van der Waals surface area contributed by atoms with Crippen LogP contribution in [0.2, 0.25) is 0 Å². The fourth-order valence-electron chi connectivity index (χ4n) is 2.43. The van der Waals surface area contributed by atoms with Gasteiger partial charge in [0, 0.05) is 24.8 Å². The van der Waals surface area contributed by atoms with Crippen molar-refractivity contribution in [2.75, 3.05) is 24.5 Å². The molecule has 1 fully saturated rings. The predicted molar refractivity (Wildman–Crippen MR) is 74.6 cm³/mol. The van der Waals surface area contributed by atoms with Crippen LogP contribution in [-0.4, -0.2) is 19.6 Å². The van der Waals surface area contributed by atoms with Crippen LogP contribution in [0.5, 0.6) is 0 Å². The van der Waals surface area contributed by atoms with Crippen molar-refractivity contribution < 1.29 is 0 Å². The van der Waals surface area contributed by atoms with Crippen LogP contribution in [0.15, 0.2) is 24.3 Å². The number of hydrogen-bond acceptors (Lipinski definition) is 2. The normalized spacial score (nSPS) is 17.4. The van der Waals surface area contributed by atoms with E-state index >= 15 is 0 Å². The van der Waals surface area contributed by atoms with Crippen molar-refractivity contribution in [2.24, 2.45) is 0 Å². The van der Waals surface area contributed by atoms with Crippen LogP contribution in [0.25, 0.3) is 0 Å². The highest BCUT2D eigenvalue weighted by Gasteiger charge is 2.12. The molecule has 2 nitrogen and oxygen atoms in total. The lowest BCUT2D eigenvalue weighted by Crippen LogP contribution is -2.20. The number of nitrogens with one attached hydrogen (secondary N) is 1. The van der Waals surface area contributed by atoms with Gasteiger partial charge in [0.1, 0.15) is 0 Å². The SMILES string of the molecule is CCCNC(C)c1ccc(N2CCCC2)cc1. The Hall–Kier alpha value is -1.02. The molecule has 1 heterocycles. The Kier molecular flexibility index (Phi) is 4.43. The van der Waals surface area contributed by atoms with Gasteiger partial charge in [0.05, 0.1) is 0 Å².